The minimum atomic E-state index is -1.14. The molecular formula is C15H17N3O5. The first-order valence-corrected chi connectivity index (χ1v) is 6.68. The van der Waals surface area contributed by atoms with E-state index in [9.17, 15) is 9.59 Å². The zero-order chi connectivity index (χ0) is 17.1. The van der Waals surface area contributed by atoms with Gasteiger partial charge in [-0.05, 0) is 25.1 Å². The first-order valence-electron chi connectivity index (χ1n) is 6.68. The predicted octanol–water partition coefficient (Wildman–Crippen LogP) is 1.70. The number of nitrogens with one attached hydrogen (secondary N) is 1. The SMILES string of the molecule is COc1cc(C(=O)O)cc(NC(=O)c2cc(C)n(C)n2)c1OC. The summed E-state index contributed by atoms with van der Waals surface area (Å²) in [6.07, 6.45) is 0. The van der Waals surface area contributed by atoms with Gasteiger partial charge in [-0.1, -0.05) is 0 Å². The van der Waals surface area contributed by atoms with Crippen molar-refractivity contribution in [2.75, 3.05) is 19.5 Å². The highest BCUT2D eigenvalue weighted by atomic mass is 16.5. The van der Waals surface area contributed by atoms with Crippen LogP contribution in [0.3, 0.4) is 0 Å². The van der Waals surface area contributed by atoms with Gasteiger partial charge in [0.25, 0.3) is 5.91 Å². The van der Waals surface area contributed by atoms with Crippen LogP contribution >= 0.6 is 0 Å². The number of nitrogens with zero attached hydrogens (tertiary/aromatic N) is 2. The van der Waals surface area contributed by atoms with Gasteiger partial charge >= 0.3 is 5.97 Å². The molecular weight excluding hydrogens is 302 g/mol. The maximum Gasteiger partial charge on any atom is 0.335 e. The van der Waals surface area contributed by atoms with Gasteiger partial charge in [0.1, 0.15) is 0 Å². The fourth-order valence-electron chi connectivity index (χ4n) is 2.04. The number of methoxy groups -OCH3 is 2. The fourth-order valence-corrected chi connectivity index (χ4v) is 2.04. The van der Waals surface area contributed by atoms with Crippen LogP contribution in [0, 0.1) is 6.92 Å². The second kappa shape index (κ2) is 6.39. The Bertz CT molecular complexity index is 747. The number of aryl methyl sites for hydroxylation is 2. The van der Waals surface area contributed by atoms with E-state index in [1.165, 1.54) is 26.4 Å². The van der Waals surface area contributed by atoms with Gasteiger partial charge in [-0.3, -0.25) is 9.48 Å². The Balaban J connectivity index is 2.42. The van der Waals surface area contributed by atoms with Crippen molar-refractivity contribution in [3.63, 3.8) is 0 Å². The van der Waals surface area contributed by atoms with Crippen LogP contribution in [0.2, 0.25) is 0 Å². The molecule has 8 heteroatoms. The number of ether oxygens (including phenoxy) is 2. The molecule has 0 aliphatic heterocycles. The van der Waals surface area contributed by atoms with Gasteiger partial charge < -0.3 is 19.9 Å². The van der Waals surface area contributed by atoms with Crippen LogP contribution in [0.25, 0.3) is 0 Å². The average Bonchev–Trinajstić information content (AvgIpc) is 2.85. The molecule has 0 aliphatic carbocycles. The van der Waals surface area contributed by atoms with Crippen LogP contribution < -0.4 is 14.8 Å². The van der Waals surface area contributed by atoms with Crippen molar-refractivity contribution in [1.29, 1.82) is 0 Å². The van der Waals surface area contributed by atoms with E-state index in [4.69, 9.17) is 14.6 Å². The summed E-state index contributed by atoms with van der Waals surface area (Å²) < 4.78 is 11.9. The number of aromatic nitrogens is 2. The van der Waals surface area contributed by atoms with Gasteiger partial charge in [0.05, 0.1) is 25.5 Å². The summed E-state index contributed by atoms with van der Waals surface area (Å²) in [4.78, 5) is 23.5. The molecule has 0 saturated carbocycles. The third kappa shape index (κ3) is 3.25. The second-order valence-corrected chi connectivity index (χ2v) is 4.81. The lowest BCUT2D eigenvalue weighted by atomic mass is 10.1. The molecule has 1 heterocycles. The minimum Gasteiger partial charge on any atom is -0.493 e. The van der Waals surface area contributed by atoms with Crippen molar-refractivity contribution < 1.29 is 24.2 Å². The molecule has 0 bridgehead atoms. The quantitative estimate of drug-likeness (QED) is 0.869. The summed E-state index contributed by atoms with van der Waals surface area (Å²) in [7, 11) is 4.51. The molecule has 2 rings (SSSR count). The van der Waals surface area contributed by atoms with Crippen molar-refractivity contribution >= 4 is 17.6 Å². The third-order valence-corrected chi connectivity index (χ3v) is 3.32. The molecule has 0 aliphatic rings. The highest BCUT2D eigenvalue weighted by molar-refractivity contribution is 6.05. The maximum atomic E-state index is 12.3. The monoisotopic (exact) mass is 319 g/mol. The van der Waals surface area contributed by atoms with Crippen LogP contribution in [-0.2, 0) is 7.05 Å². The maximum absolute atomic E-state index is 12.3. The third-order valence-electron chi connectivity index (χ3n) is 3.32. The lowest BCUT2D eigenvalue weighted by molar-refractivity contribution is 0.0696. The number of aromatic carboxylic acids is 1. The van der Waals surface area contributed by atoms with Crippen LogP contribution in [0.4, 0.5) is 5.69 Å². The number of carbonyl (C=O) groups excluding carboxylic acids is 1. The van der Waals surface area contributed by atoms with Crippen molar-refractivity contribution in [3.05, 3.63) is 35.2 Å². The molecule has 2 aromatic rings. The number of carboxylic acid groups (broad SMARTS) is 1. The molecule has 23 heavy (non-hydrogen) atoms. The zero-order valence-corrected chi connectivity index (χ0v) is 13.2. The number of rotatable bonds is 5. The van der Waals surface area contributed by atoms with Gasteiger partial charge in [0, 0.05) is 12.7 Å². The summed E-state index contributed by atoms with van der Waals surface area (Å²) >= 11 is 0. The molecule has 1 aromatic carbocycles. The Morgan fingerprint density at radius 3 is 2.39 bits per heavy atom. The number of hydrogen-bond donors (Lipinski definition) is 2. The molecule has 0 spiro atoms. The van der Waals surface area contributed by atoms with E-state index in [1.807, 2.05) is 6.92 Å². The van der Waals surface area contributed by atoms with E-state index in [0.717, 1.165) is 5.69 Å². The summed E-state index contributed by atoms with van der Waals surface area (Å²) in [5, 5.41) is 15.8. The zero-order valence-electron chi connectivity index (χ0n) is 13.2. The first-order chi connectivity index (χ1) is 10.9. The molecule has 0 atom stereocenters. The molecule has 8 nitrogen and oxygen atoms in total. The van der Waals surface area contributed by atoms with Gasteiger partial charge in [-0.25, -0.2) is 4.79 Å². The standard InChI is InChI=1S/C15H17N3O5/c1-8-5-11(17-18(8)2)14(19)16-10-6-9(15(20)21)7-12(22-3)13(10)23-4/h5-7H,1-4H3,(H,16,19)(H,20,21). The summed E-state index contributed by atoms with van der Waals surface area (Å²) in [5.41, 5.74) is 1.19. The Labute approximate surface area is 132 Å². The summed E-state index contributed by atoms with van der Waals surface area (Å²) in [5.74, 6) is -1.18. The fraction of sp³-hybridized carbons (Fsp3) is 0.267. The number of amides is 1. The minimum absolute atomic E-state index is 0.0323. The van der Waals surface area contributed by atoms with E-state index >= 15 is 0 Å². The topological polar surface area (TPSA) is 103 Å². The lowest BCUT2D eigenvalue weighted by Gasteiger charge is -2.14. The van der Waals surface area contributed by atoms with Crippen molar-refractivity contribution in [2.45, 2.75) is 6.92 Å². The van der Waals surface area contributed by atoms with E-state index in [0.29, 0.717) is 0 Å². The van der Waals surface area contributed by atoms with Gasteiger partial charge in [-0.2, -0.15) is 5.10 Å². The van der Waals surface area contributed by atoms with E-state index in [1.54, 1.807) is 17.8 Å². The van der Waals surface area contributed by atoms with Crippen LogP contribution in [0.1, 0.15) is 26.5 Å². The number of benzene rings is 1. The summed E-state index contributed by atoms with van der Waals surface area (Å²) in [6.45, 7) is 1.82. The predicted molar refractivity (Wildman–Crippen MR) is 82.4 cm³/mol. The van der Waals surface area contributed by atoms with Crippen LogP contribution in [0.15, 0.2) is 18.2 Å². The molecule has 0 radical (unpaired) electrons. The summed E-state index contributed by atoms with van der Waals surface area (Å²) in [6, 6.07) is 4.25. The number of anilines is 1. The molecule has 122 valence electrons. The Kier molecular flexibility index (Phi) is 4.54. The van der Waals surface area contributed by atoms with Gasteiger partial charge in [-0.15, -0.1) is 0 Å². The van der Waals surface area contributed by atoms with Crippen LogP contribution in [-0.4, -0.2) is 41.0 Å². The molecule has 0 saturated heterocycles. The lowest BCUT2D eigenvalue weighted by Crippen LogP contribution is -2.15. The second-order valence-electron chi connectivity index (χ2n) is 4.81. The van der Waals surface area contributed by atoms with E-state index in [-0.39, 0.29) is 28.4 Å². The first kappa shape index (κ1) is 16.3. The van der Waals surface area contributed by atoms with Crippen molar-refractivity contribution in [1.82, 2.24) is 9.78 Å². The number of carbonyl (C=O) groups is 2. The Morgan fingerprint density at radius 1 is 1.22 bits per heavy atom. The Hall–Kier alpha value is -3.03. The highest BCUT2D eigenvalue weighted by Gasteiger charge is 2.19. The normalized spacial score (nSPS) is 10.3. The molecule has 0 unspecified atom stereocenters. The van der Waals surface area contributed by atoms with Gasteiger partial charge in [0.15, 0.2) is 17.2 Å². The molecule has 2 N–H and O–H groups in total. The number of carboxylic acids is 1. The Morgan fingerprint density at radius 2 is 1.91 bits per heavy atom. The van der Waals surface area contributed by atoms with E-state index < -0.39 is 11.9 Å². The largest absolute Gasteiger partial charge is 0.493 e. The highest BCUT2D eigenvalue weighted by Crippen LogP contribution is 2.36. The van der Waals surface area contributed by atoms with Crippen molar-refractivity contribution in [3.8, 4) is 11.5 Å². The number of hydrogen-bond acceptors (Lipinski definition) is 5. The molecule has 0 fully saturated rings. The smallest absolute Gasteiger partial charge is 0.335 e. The van der Waals surface area contributed by atoms with Gasteiger partial charge in [0.2, 0.25) is 0 Å². The van der Waals surface area contributed by atoms with Crippen LogP contribution in [0.5, 0.6) is 11.5 Å². The molecule has 1 aromatic heterocycles. The van der Waals surface area contributed by atoms with E-state index in [2.05, 4.69) is 10.4 Å². The van der Waals surface area contributed by atoms with Crippen molar-refractivity contribution in [2.24, 2.45) is 7.05 Å². The molecule has 1 amide bonds. The average molecular weight is 319 g/mol.